The maximum absolute atomic E-state index is 13.3. The number of carbonyl (C=O) groups excluding carboxylic acids is 2. The average molecular weight is 388 g/mol. The molecule has 2 aromatic carbocycles. The van der Waals surface area contributed by atoms with Crippen molar-refractivity contribution >= 4 is 17.5 Å². The summed E-state index contributed by atoms with van der Waals surface area (Å²) in [4.78, 5) is 24.4. The van der Waals surface area contributed by atoms with Gasteiger partial charge in [0.2, 0.25) is 5.91 Å². The van der Waals surface area contributed by atoms with Gasteiger partial charge in [-0.05, 0) is 36.8 Å². The molecule has 0 aromatic heterocycles. The summed E-state index contributed by atoms with van der Waals surface area (Å²) in [6, 6.07) is 12.0. The molecule has 0 unspecified atom stereocenters. The molecule has 1 heterocycles. The van der Waals surface area contributed by atoms with E-state index in [2.05, 4.69) is 21.3 Å². The molecule has 1 aliphatic heterocycles. The van der Waals surface area contributed by atoms with Crippen LogP contribution >= 0.6 is 0 Å². The van der Waals surface area contributed by atoms with Crippen molar-refractivity contribution in [2.45, 2.75) is 18.5 Å². The van der Waals surface area contributed by atoms with Crippen molar-refractivity contribution in [3.05, 3.63) is 65.7 Å². The Hall–Kier alpha value is -3.00. The van der Waals surface area contributed by atoms with Crippen LogP contribution in [0, 0.1) is 11.6 Å². The number of hydrogen-bond donors (Lipinski definition) is 4. The third-order valence-electron chi connectivity index (χ3n) is 4.49. The Morgan fingerprint density at radius 3 is 2.57 bits per heavy atom. The molecule has 0 bridgehead atoms. The summed E-state index contributed by atoms with van der Waals surface area (Å²) in [5.41, 5.74) is 1.02. The van der Waals surface area contributed by atoms with Gasteiger partial charge in [-0.3, -0.25) is 9.59 Å². The van der Waals surface area contributed by atoms with Gasteiger partial charge in [-0.2, -0.15) is 0 Å². The van der Waals surface area contributed by atoms with Gasteiger partial charge in [-0.15, -0.1) is 0 Å². The van der Waals surface area contributed by atoms with Gasteiger partial charge in [0.1, 0.15) is 0 Å². The Labute approximate surface area is 161 Å². The third kappa shape index (κ3) is 5.26. The van der Waals surface area contributed by atoms with Gasteiger partial charge >= 0.3 is 0 Å². The molecule has 0 radical (unpaired) electrons. The Bertz CT molecular complexity index is 832. The maximum Gasteiger partial charge on any atom is 0.251 e. The van der Waals surface area contributed by atoms with E-state index in [0.29, 0.717) is 26.1 Å². The van der Waals surface area contributed by atoms with Crippen LogP contribution in [0.1, 0.15) is 16.8 Å². The molecule has 0 spiro atoms. The van der Waals surface area contributed by atoms with Crippen molar-refractivity contribution in [2.24, 2.45) is 0 Å². The van der Waals surface area contributed by atoms with Crippen molar-refractivity contribution in [1.29, 1.82) is 0 Å². The zero-order chi connectivity index (χ0) is 19.9. The van der Waals surface area contributed by atoms with E-state index in [1.807, 2.05) is 30.3 Å². The Morgan fingerprint density at radius 2 is 1.82 bits per heavy atom. The van der Waals surface area contributed by atoms with Crippen molar-refractivity contribution < 1.29 is 18.4 Å². The number of benzene rings is 2. The number of hydrogen-bond acceptors (Lipinski definition) is 4. The Kier molecular flexibility index (Phi) is 6.54. The monoisotopic (exact) mass is 388 g/mol. The van der Waals surface area contributed by atoms with Crippen molar-refractivity contribution in [3.63, 3.8) is 0 Å². The van der Waals surface area contributed by atoms with Crippen LogP contribution in [0.15, 0.2) is 48.5 Å². The normalized spacial score (nSPS) is 18.5. The molecule has 2 amide bonds. The number of rotatable bonds is 7. The fourth-order valence-corrected chi connectivity index (χ4v) is 3.02. The smallest absolute Gasteiger partial charge is 0.251 e. The van der Waals surface area contributed by atoms with Gasteiger partial charge in [-0.1, -0.05) is 18.2 Å². The highest BCUT2D eigenvalue weighted by Gasteiger charge is 2.30. The number of nitrogens with one attached hydrogen (secondary N) is 4. The highest BCUT2D eigenvalue weighted by atomic mass is 19.2. The van der Waals surface area contributed by atoms with Crippen LogP contribution in [-0.2, 0) is 4.79 Å². The summed E-state index contributed by atoms with van der Waals surface area (Å²) in [5, 5.41) is 11.8. The quantitative estimate of drug-likeness (QED) is 0.544. The number of amides is 2. The minimum absolute atomic E-state index is 0.0405. The summed E-state index contributed by atoms with van der Waals surface area (Å²) in [6.07, 6.45) is 0.424. The SMILES string of the molecule is O=C(N[C@H]1CN[C@H](C(=O)NCCNc2ccccc2)C1)c1ccc(F)c(F)c1. The van der Waals surface area contributed by atoms with Crippen LogP contribution in [0.3, 0.4) is 0 Å². The minimum Gasteiger partial charge on any atom is -0.383 e. The zero-order valence-corrected chi connectivity index (χ0v) is 15.2. The van der Waals surface area contributed by atoms with Gasteiger partial charge in [0.05, 0.1) is 6.04 Å². The highest BCUT2D eigenvalue weighted by Crippen LogP contribution is 2.11. The first-order chi connectivity index (χ1) is 13.5. The highest BCUT2D eigenvalue weighted by molar-refractivity contribution is 5.94. The van der Waals surface area contributed by atoms with E-state index < -0.39 is 23.6 Å². The van der Waals surface area contributed by atoms with E-state index in [1.54, 1.807) is 0 Å². The molecule has 28 heavy (non-hydrogen) atoms. The molecule has 1 fully saturated rings. The molecule has 3 rings (SSSR count). The number of anilines is 1. The second kappa shape index (κ2) is 9.27. The lowest BCUT2D eigenvalue weighted by atomic mass is 10.1. The van der Waals surface area contributed by atoms with E-state index >= 15 is 0 Å². The predicted octanol–water partition coefficient (Wildman–Crippen LogP) is 1.65. The van der Waals surface area contributed by atoms with Gasteiger partial charge < -0.3 is 21.3 Å². The van der Waals surface area contributed by atoms with E-state index in [1.165, 1.54) is 6.07 Å². The maximum atomic E-state index is 13.3. The first kappa shape index (κ1) is 19.8. The molecule has 148 valence electrons. The largest absolute Gasteiger partial charge is 0.383 e. The topological polar surface area (TPSA) is 82.3 Å². The minimum atomic E-state index is -1.07. The standard InChI is InChI=1S/C20H22F2N4O2/c21-16-7-6-13(10-17(16)22)19(27)26-15-11-18(25-12-15)20(28)24-9-8-23-14-4-2-1-3-5-14/h1-7,10,15,18,23,25H,8-9,11-12H2,(H,24,28)(H,26,27)/t15-,18+/m1/s1. The van der Waals surface area contributed by atoms with Crippen LogP contribution in [0.2, 0.25) is 0 Å². The fourth-order valence-electron chi connectivity index (χ4n) is 3.02. The average Bonchev–Trinajstić information content (AvgIpc) is 3.16. The van der Waals surface area contributed by atoms with Gasteiger partial charge in [0, 0.05) is 36.9 Å². The summed E-state index contributed by atoms with van der Waals surface area (Å²) >= 11 is 0. The van der Waals surface area contributed by atoms with Gasteiger partial charge in [0.15, 0.2) is 11.6 Å². The molecule has 1 saturated heterocycles. The molecule has 2 atom stereocenters. The van der Waals surface area contributed by atoms with E-state index in [-0.39, 0.29) is 17.5 Å². The van der Waals surface area contributed by atoms with Gasteiger partial charge in [-0.25, -0.2) is 8.78 Å². The lowest BCUT2D eigenvalue weighted by Crippen LogP contribution is -2.42. The third-order valence-corrected chi connectivity index (χ3v) is 4.49. The summed E-state index contributed by atoms with van der Waals surface area (Å²) in [7, 11) is 0. The van der Waals surface area contributed by atoms with Crippen LogP contribution in [-0.4, -0.2) is 43.5 Å². The van der Waals surface area contributed by atoms with Crippen LogP contribution in [0.5, 0.6) is 0 Å². The molecule has 0 aliphatic carbocycles. The first-order valence-electron chi connectivity index (χ1n) is 9.09. The lowest BCUT2D eigenvalue weighted by Gasteiger charge is -2.13. The molecule has 6 nitrogen and oxygen atoms in total. The summed E-state index contributed by atoms with van der Waals surface area (Å²) in [5.74, 6) is -2.71. The first-order valence-corrected chi connectivity index (χ1v) is 9.09. The van der Waals surface area contributed by atoms with Gasteiger partial charge in [0.25, 0.3) is 5.91 Å². The number of para-hydroxylation sites is 1. The molecule has 4 N–H and O–H groups in total. The fraction of sp³-hybridized carbons (Fsp3) is 0.300. The number of halogens is 2. The van der Waals surface area contributed by atoms with E-state index in [9.17, 15) is 18.4 Å². The predicted molar refractivity (Wildman–Crippen MR) is 102 cm³/mol. The van der Waals surface area contributed by atoms with E-state index in [4.69, 9.17) is 0 Å². The molecular weight excluding hydrogens is 366 g/mol. The molecular formula is C20H22F2N4O2. The van der Waals surface area contributed by atoms with E-state index in [0.717, 1.165) is 17.8 Å². The van der Waals surface area contributed by atoms with Crippen LogP contribution in [0.25, 0.3) is 0 Å². The Morgan fingerprint density at radius 1 is 1.04 bits per heavy atom. The molecule has 8 heteroatoms. The summed E-state index contributed by atoms with van der Waals surface area (Å²) < 4.78 is 26.2. The molecule has 2 aromatic rings. The van der Waals surface area contributed by atoms with Crippen molar-refractivity contribution in [1.82, 2.24) is 16.0 Å². The number of carbonyl (C=O) groups is 2. The summed E-state index contributed by atoms with van der Waals surface area (Å²) in [6.45, 7) is 1.49. The van der Waals surface area contributed by atoms with Crippen molar-refractivity contribution in [2.75, 3.05) is 25.0 Å². The Balaban J connectivity index is 1.39. The van der Waals surface area contributed by atoms with Crippen LogP contribution < -0.4 is 21.3 Å². The lowest BCUT2D eigenvalue weighted by molar-refractivity contribution is -0.122. The second-order valence-corrected chi connectivity index (χ2v) is 6.58. The second-order valence-electron chi connectivity index (χ2n) is 6.58. The van der Waals surface area contributed by atoms with Crippen molar-refractivity contribution in [3.8, 4) is 0 Å². The zero-order valence-electron chi connectivity index (χ0n) is 15.2. The van der Waals surface area contributed by atoms with Crippen LogP contribution in [0.4, 0.5) is 14.5 Å². The molecule has 1 aliphatic rings. The molecule has 0 saturated carbocycles.